The first-order valence-electron chi connectivity index (χ1n) is 7.95. The molecule has 142 valence electrons. The molecule has 0 radical (unpaired) electrons. The molecule has 0 bridgehead atoms. The van der Waals surface area contributed by atoms with E-state index < -0.39 is 23.5 Å². The van der Waals surface area contributed by atoms with Crippen molar-refractivity contribution >= 4 is 11.8 Å². The minimum absolute atomic E-state index is 0. The standard InChI is InChI=1S/C20H20N2O4.CH4/c1-20(2,25)17(19(24)22-26)21-18(23)16-12-10-15(11-13-16)9-8-14-6-4-3-5-7-14;/h3-7,10-13,17,25-26H,1-2H3,(H,21,23)(H,22,24);1H4/t17-;/m1./s1. The quantitative estimate of drug-likeness (QED) is 0.377. The van der Waals surface area contributed by atoms with E-state index in [1.54, 1.807) is 24.3 Å². The van der Waals surface area contributed by atoms with E-state index in [1.165, 1.54) is 19.3 Å². The van der Waals surface area contributed by atoms with Gasteiger partial charge in [0.25, 0.3) is 11.8 Å². The van der Waals surface area contributed by atoms with Crippen LogP contribution in [0.2, 0.25) is 0 Å². The zero-order valence-corrected chi connectivity index (χ0v) is 14.5. The Kier molecular flexibility index (Phi) is 7.73. The highest BCUT2D eigenvalue weighted by Crippen LogP contribution is 2.11. The van der Waals surface area contributed by atoms with Gasteiger partial charge in [-0.05, 0) is 50.2 Å². The lowest BCUT2D eigenvalue weighted by molar-refractivity contribution is -0.136. The van der Waals surface area contributed by atoms with Gasteiger partial charge in [-0.25, -0.2) is 5.48 Å². The first kappa shape index (κ1) is 21.9. The molecule has 0 saturated heterocycles. The number of carbonyl (C=O) groups is 2. The molecule has 27 heavy (non-hydrogen) atoms. The summed E-state index contributed by atoms with van der Waals surface area (Å²) in [6, 6.07) is 14.7. The summed E-state index contributed by atoms with van der Waals surface area (Å²) < 4.78 is 0. The summed E-state index contributed by atoms with van der Waals surface area (Å²) in [4.78, 5) is 23.9. The van der Waals surface area contributed by atoms with Crippen molar-refractivity contribution in [2.45, 2.75) is 32.9 Å². The molecule has 0 spiro atoms. The van der Waals surface area contributed by atoms with Crippen molar-refractivity contribution in [2.24, 2.45) is 0 Å². The number of carbonyl (C=O) groups excluding carboxylic acids is 2. The summed E-state index contributed by atoms with van der Waals surface area (Å²) >= 11 is 0. The molecule has 0 fully saturated rings. The van der Waals surface area contributed by atoms with E-state index in [9.17, 15) is 14.7 Å². The van der Waals surface area contributed by atoms with Gasteiger partial charge in [0.1, 0.15) is 6.04 Å². The number of hydrogen-bond donors (Lipinski definition) is 4. The molecule has 0 aliphatic rings. The molecule has 2 rings (SSSR count). The van der Waals surface area contributed by atoms with Gasteiger partial charge in [-0.1, -0.05) is 37.5 Å². The van der Waals surface area contributed by atoms with Crippen molar-refractivity contribution in [3.8, 4) is 11.8 Å². The van der Waals surface area contributed by atoms with E-state index in [2.05, 4.69) is 17.2 Å². The van der Waals surface area contributed by atoms with Crippen molar-refractivity contribution in [1.29, 1.82) is 0 Å². The third-order valence-corrected chi connectivity index (χ3v) is 3.63. The molecule has 0 aliphatic heterocycles. The van der Waals surface area contributed by atoms with Gasteiger partial charge < -0.3 is 10.4 Å². The molecule has 2 amide bonds. The molecule has 6 nitrogen and oxygen atoms in total. The third kappa shape index (κ3) is 6.26. The number of benzene rings is 2. The van der Waals surface area contributed by atoms with Gasteiger partial charge in [0.2, 0.25) is 0 Å². The van der Waals surface area contributed by atoms with E-state index in [4.69, 9.17) is 5.21 Å². The highest BCUT2D eigenvalue weighted by Gasteiger charge is 2.34. The topological polar surface area (TPSA) is 98.7 Å². The number of amides is 2. The Hall–Kier alpha value is -3.14. The van der Waals surface area contributed by atoms with Gasteiger partial charge >= 0.3 is 0 Å². The lowest BCUT2D eigenvalue weighted by Crippen LogP contribution is -2.57. The molecule has 0 unspecified atom stereocenters. The van der Waals surface area contributed by atoms with Crippen LogP contribution in [0.1, 0.15) is 42.8 Å². The van der Waals surface area contributed by atoms with Crippen molar-refractivity contribution in [2.75, 3.05) is 0 Å². The third-order valence-electron chi connectivity index (χ3n) is 3.63. The molecule has 0 aromatic heterocycles. The molecule has 1 atom stereocenters. The molecule has 2 aromatic rings. The van der Waals surface area contributed by atoms with Crippen LogP contribution in [0.25, 0.3) is 0 Å². The smallest absolute Gasteiger partial charge is 0.268 e. The second-order valence-corrected chi connectivity index (χ2v) is 6.23. The SMILES string of the molecule is C.CC(C)(O)[C@H](NC(=O)c1ccc(C#Cc2ccccc2)cc1)C(=O)NO. The summed E-state index contributed by atoms with van der Waals surface area (Å²) in [6.07, 6.45) is 0. The molecular formula is C21H24N2O4. The van der Waals surface area contributed by atoms with E-state index >= 15 is 0 Å². The van der Waals surface area contributed by atoms with Crippen molar-refractivity contribution in [3.63, 3.8) is 0 Å². The van der Waals surface area contributed by atoms with Crippen molar-refractivity contribution < 1.29 is 19.9 Å². The molecule has 2 aromatic carbocycles. The maximum absolute atomic E-state index is 12.3. The Bertz CT molecular complexity index is 828. The van der Waals surface area contributed by atoms with Crippen LogP contribution in [-0.2, 0) is 4.79 Å². The van der Waals surface area contributed by atoms with Crippen LogP contribution in [0.15, 0.2) is 54.6 Å². The van der Waals surface area contributed by atoms with Crippen LogP contribution in [0, 0.1) is 11.8 Å². The summed E-state index contributed by atoms with van der Waals surface area (Å²) in [5, 5.41) is 21.2. The Labute approximate surface area is 159 Å². The normalized spacial score (nSPS) is 11.3. The molecular weight excluding hydrogens is 344 g/mol. The fraction of sp³-hybridized carbons (Fsp3) is 0.238. The summed E-state index contributed by atoms with van der Waals surface area (Å²) in [7, 11) is 0. The van der Waals surface area contributed by atoms with Gasteiger partial charge in [-0.15, -0.1) is 0 Å². The van der Waals surface area contributed by atoms with Crippen molar-refractivity contribution in [1.82, 2.24) is 10.8 Å². The number of aliphatic hydroxyl groups is 1. The predicted octanol–water partition coefficient (Wildman–Crippen LogP) is 2.10. The summed E-state index contributed by atoms with van der Waals surface area (Å²) in [6.45, 7) is 2.71. The summed E-state index contributed by atoms with van der Waals surface area (Å²) in [5.41, 5.74) is 1.81. The molecule has 6 heteroatoms. The van der Waals surface area contributed by atoms with Gasteiger partial charge in [-0.3, -0.25) is 14.8 Å². The Morgan fingerprint density at radius 2 is 1.48 bits per heavy atom. The fourth-order valence-corrected chi connectivity index (χ4v) is 2.21. The maximum Gasteiger partial charge on any atom is 0.268 e. The number of rotatable bonds is 4. The molecule has 0 aliphatic carbocycles. The fourth-order valence-electron chi connectivity index (χ4n) is 2.21. The van der Waals surface area contributed by atoms with Crippen LogP contribution in [-0.4, -0.2) is 33.8 Å². The average molecular weight is 368 g/mol. The second-order valence-electron chi connectivity index (χ2n) is 6.23. The maximum atomic E-state index is 12.3. The molecule has 4 N–H and O–H groups in total. The van der Waals surface area contributed by atoms with Crippen LogP contribution < -0.4 is 10.8 Å². The van der Waals surface area contributed by atoms with Crippen LogP contribution in [0.5, 0.6) is 0 Å². The van der Waals surface area contributed by atoms with Gasteiger partial charge in [0.05, 0.1) is 5.60 Å². The van der Waals surface area contributed by atoms with E-state index in [-0.39, 0.29) is 7.43 Å². The van der Waals surface area contributed by atoms with E-state index in [1.807, 2.05) is 30.3 Å². The van der Waals surface area contributed by atoms with Gasteiger partial charge in [0.15, 0.2) is 0 Å². The predicted molar refractivity (Wildman–Crippen MR) is 103 cm³/mol. The van der Waals surface area contributed by atoms with E-state index in [0.717, 1.165) is 11.1 Å². The second kappa shape index (κ2) is 9.53. The van der Waals surface area contributed by atoms with E-state index in [0.29, 0.717) is 5.56 Å². The summed E-state index contributed by atoms with van der Waals surface area (Å²) in [5.74, 6) is 4.56. The lowest BCUT2D eigenvalue weighted by atomic mass is 9.97. The van der Waals surface area contributed by atoms with Crippen LogP contribution >= 0.6 is 0 Å². The first-order chi connectivity index (χ1) is 12.3. The number of hydroxylamine groups is 1. The van der Waals surface area contributed by atoms with Gasteiger partial charge in [0, 0.05) is 16.7 Å². The van der Waals surface area contributed by atoms with Gasteiger partial charge in [-0.2, -0.15) is 0 Å². The number of nitrogens with one attached hydrogen (secondary N) is 2. The zero-order chi connectivity index (χ0) is 19.2. The Balaban J connectivity index is 0.00000364. The highest BCUT2D eigenvalue weighted by molar-refractivity contribution is 5.97. The highest BCUT2D eigenvalue weighted by atomic mass is 16.5. The average Bonchev–Trinajstić information content (AvgIpc) is 2.64. The van der Waals surface area contributed by atoms with Crippen LogP contribution in [0.3, 0.4) is 0 Å². The largest absolute Gasteiger partial charge is 0.388 e. The minimum atomic E-state index is -1.55. The van der Waals surface area contributed by atoms with Crippen molar-refractivity contribution in [3.05, 3.63) is 71.3 Å². The zero-order valence-electron chi connectivity index (χ0n) is 14.5. The monoisotopic (exact) mass is 368 g/mol. The minimum Gasteiger partial charge on any atom is -0.388 e. The molecule has 0 saturated carbocycles. The Morgan fingerprint density at radius 1 is 0.963 bits per heavy atom. The molecule has 0 heterocycles. The van der Waals surface area contributed by atoms with Crippen LogP contribution in [0.4, 0.5) is 0 Å². The Morgan fingerprint density at radius 3 is 1.96 bits per heavy atom. The number of hydrogen-bond acceptors (Lipinski definition) is 4. The first-order valence-corrected chi connectivity index (χ1v) is 7.95. The lowest BCUT2D eigenvalue weighted by Gasteiger charge is -2.28.